The number of rotatable bonds is 2. The topological polar surface area (TPSA) is 45.2 Å². The van der Waals surface area contributed by atoms with Crippen LogP contribution < -0.4 is 5.43 Å². The third kappa shape index (κ3) is 2.70. The normalized spacial score (nSPS) is 15.1. The van der Waals surface area contributed by atoms with Crippen molar-refractivity contribution in [3.05, 3.63) is 54.4 Å². The van der Waals surface area contributed by atoms with Crippen LogP contribution in [-0.2, 0) is 0 Å². The Morgan fingerprint density at radius 3 is 2.70 bits per heavy atom. The van der Waals surface area contributed by atoms with E-state index >= 15 is 0 Å². The van der Waals surface area contributed by atoms with Crippen LogP contribution in [0.3, 0.4) is 0 Å². The number of hydrogen-bond donors (Lipinski definition) is 1. The Bertz CT molecular complexity index is 592. The van der Waals surface area contributed by atoms with Crippen molar-refractivity contribution in [2.75, 3.05) is 13.1 Å². The maximum absolute atomic E-state index is 12.4. The van der Waals surface area contributed by atoms with Crippen LogP contribution >= 0.6 is 0 Å². The van der Waals surface area contributed by atoms with E-state index in [1.807, 2.05) is 36.4 Å². The summed E-state index contributed by atoms with van der Waals surface area (Å²) >= 11 is 0. The number of amides is 1. The van der Waals surface area contributed by atoms with Gasteiger partial charge >= 0.3 is 0 Å². The monoisotopic (exact) mass is 267 g/mol. The summed E-state index contributed by atoms with van der Waals surface area (Å²) in [6.07, 6.45) is 5.70. The highest BCUT2D eigenvalue weighted by molar-refractivity contribution is 5.95. The van der Waals surface area contributed by atoms with Crippen molar-refractivity contribution in [2.24, 2.45) is 0 Å². The summed E-state index contributed by atoms with van der Waals surface area (Å²) < 4.78 is 0. The van der Waals surface area contributed by atoms with Crippen LogP contribution in [0.4, 0.5) is 0 Å². The highest BCUT2D eigenvalue weighted by Gasteiger charge is 2.18. The Morgan fingerprint density at radius 1 is 1.10 bits per heavy atom. The second-order valence-corrected chi connectivity index (χ2v) is 4.89. The zero-order chi connectivity index (χ0) is 13.8. The lowest BCUT2D eigenvalue weighted by molar-refractivity contribution is 0.0611. The van der Waals surface area contributed by atoms with E-state index in [2.05, 4.69) is 10.4 Å². The number of carbonyl (C=O) groups excluding carboxylic acids is 1. The molecule has 20 heavy (non-hydrogen) atoms. The average Bonchev–Trinajstić information content (AvgIpc) is 2.56. The first-order valence-corrected chi connectivity index (χ1v) is 6.90. The number of nitrogens with zero attached hydrogens (tertiary/aromatic N) is 2. The minimum absolute atomic E-state index is 0.0422. The van der Waals surface area contributed by atoms with Crippen molar-refractivity contribution in [3.63, 3.8) is 0 Å². The van der Waals surface area contributed by atoms with Gasteiger partial charge in [-0.2, -0.15) is 0 Å². The van der Waals surface area contributed by atoms with Gasteiger partial charge in [0.05, 0.1) is 0 Å². The average molecular weight is 267 g/mol. The van der Waals surface area contributed by atoms with Gasteiger partial charge in [0.15, 0.2) is 0 Å². The molecule has 1 aromatic heterocycles. The Balaban J connectivity index is 1.85. The molecule has 4 nitrogen and oxygen atoms in total. The number of aromatic nitrogens is 1. The van der Waals surface area contributed by atoms with Crippen molar-refractivity contribution in [1.29, 1.82) is 0 Å². The summed E-state index contributed by atoms with van der Waals surface area (Å²) in [4.78, 5) is 16.5. The molecule has 1 aliphatic heterocycles. The zero-order valence-electron chi connectivity index (χ0n) is 11.2. The van der Waals surface area contributed by atoms with Crippen LogP contribution in [0.5, 0.6) is 0 Å². The minimum atomic E-state index is 0.0422. The second kappa shape index (κ2) is 5.84. The molecule has 1 amide bonds. The van der Waals surface area contributed by atoms with Gasteiger partial charge in [0, 0.05) is 31.0 Å². The zero-order valence-corrected chi connectivity index (χ0v) is 11.2. The fourth-order valence-electron chi connectivity index (χ4n) is 2.39. The molecular formula is C16H17N3O. The first-order valence-electron chi connectivity index (χ1n) is 6.90. The van der Waals surface area contributed by atoms with Crippen LogP contribution in [-0.4, -0.2) is 29.0 Å². The Labute approximate surface area is 118 Å². The minimum Gasteiger partial charge on any atom is -0.274 e. The molecule has 2 aromatic rings. The van der Waals surface area contributed by atoms with Gasteiger partial charge in [-0.15, -0.1) is 0 Å². The maximum atomic E-state index is 12.4. The van der Waals surface area contributed by atoms with Crippen molar-refractivity contribution >= 4 is 5.91 Å². The molecule has 1 N–H and O–H groups in total. The lowest BCUT2D eigenvalue weighted by atomic mass is 10.0. The fourth-order valence-corrected chi connectivity index (χ4v) is 2.39. The maximum Gasteiger partial charge on any atom is 0.267 e. The van der Waals surface area contributed by atoms with Gasteiger partial charge in [-0.1, -0.05) is 12.1 Å². The molecule has 1 aliphatic rings. The predicted octanol–water partition coefficient (Wildman–Crippen LogP) is 2.49. The molecule has 102 valence electrons. The number of carbonyl (C=O) groups is 1. The largest absolute Gasteiger partial charge is 0.274 e. The van der Waals surface area contributed by atoms with Gasteiger partial charge in [-0.3, -0.25) is 14.8 Å². The van der Waals surface area contributed by atoms with Gasteiger partial charge in [-0.25, -0.2) is 5.43 Å². The van der Waals surface area contributed by atoms with Gasteiger partial charge in [0.25, 0.3) is 5.91 Å². The van der Waals surface area contributed by atoms with Crippen molar-refractivity contribution in [1.82, 2.24) is 15.4 Å². The van der Waals surface area contributed by atoms with E-state index in [9.17, 15) is 4.79 Å². The summed E-state index contributed by atoms with van der Waals surface area (Å²) in [5.41, 5.74) is 5.97. The summed E-state index contributed by atoms with van der Waals surface area (Å²) in [5.74, 6) is 0.0422. The SMILES string of the molecule is O=C(c1cccc(-c2ccncc2)c1)N1CCCCN1. The van der Waals surface area contributed by atoms with Crippen molar-refractivity contribution < 1.29 is 4.79 Å². The van der Waals surface area contributed by atoms with Crippen LogP contribution in [0.25, 0.3) is 11.1 Å². The van der Waals surface area contributed by atoms with Gasteiger partial charge in [0.2, 0.25) is 0 Å². The summed E-state index contributed by atoms with van der Waals surface area (Å²) in [5, 5.41) is 1.72. The smallest absolute Gasteiger partial charge is 0.267 e. The van der Waals surface area contributed by atoms with E-state index < -0.39 is 0 Å². The van der Waals surface area contributed by atoms with E-state index in [0.717, 1.165) is 37.1 Å². The highest BCUT2D eigenvalue weighted by Crippen LogP contribution is 2.20. The van der Waals surface area contributed by atoms with Crippen LogP contribution in [0, 0.1) is 0 Å². The second-order valence-electron chi connectivity index (χ2n) is 4.89. The van der Waals surface area contributed by atoms with Gasteiger partial charge < -0.3 is 0 Å². The van der Waals surface area contributed by atoms with Gasteiger partial charge in [-0.05, 0) is 48.2 Å². The van der Waals surface area contributed by atoms with E-state index in [-0.39, 0.29) is 5.91 Å². The van der Waals surface area contributed by atoms with Crippen LogP contribution in [0.2, 0.25) is 0 Å². The van der Waals surface area contributed by atoms with Crippen molar-refractivity contribution in [2.45, 2.75) is 12.8 Å². The molecule has 0 bridgehead atoms. The molecule has 1 saturated heterocycles. The number of pyridine rings is 1. The number of hydrogen-bond acceptors (Lipinski definition) is 3. The summed E-state index contributed by atoms with van der Waals surface area (Å²) in [7, 11) is 0. The first-order chi connectivity index (χ1) is 9.84. The number of hydrazine groups is 1. The standard InChI is InChI=1S/C16H17N3O/c20-16(19-11-2-1-8-18-19)15-5-3-4-14(12-15)13-6-9-17-10-7-13/h3-7,9-10,12,18H,1-2,8,11H2. The lowest BCUT2D eigenvalue weighted by Crippen LogP contribution is -2.46. The Kier molecular flexibility index (Phi) is 3.74. The first kappa shape index (κ1) is 12.8. The molecule has 0 radical (unpaired) electrons. The van der Waals surface area contributed by atoms with E-state index in [4.69, 9.17) is 0 Å². The quantitative estimate of drug-likeness (QED) is 0.909. The molecule has 0 spiro atoms. The molecule has 0 unspecified atom stereocenters. The molecular weight excluding hydrogens is 250 g/mol. The molecule has 0 aliphatic carbocycles. The Morgan fingerprint density at radius 2 is 1.95 bits per heavy atom. The number of nitrogens with one attached hydrogen (secondary N) is 1. The summed E-state index contributed by atoms with van der Waals surface area (Å²) in [6, 6.07) is 11.6. The third-order valence-corrected chi connectivity index (χ3v) is 3.48. The molecule has 3 rings (SSSR count). The summed E-state index contributed by atoms with van der Waals surface area (Å²) in [6.45, 7) is 1.65. The molecule has 0 saturated carbocycles. The molecule has 0 atom stereocenters. The van der Waals surface area contributed by atoms with E-state index in [1.165, 1.54) is 0 Å². The highest BCUT2D eigenvalue weighted by atomic mass is 16.2. The fraction of sp³-hybridized carbons (Fsp3) is 0.250. The Hall–Kier alpha value is -2.20. The number of benzene rings is 1. The molecule has 1 fully saturated rings. The molecule has 2 heterocycles. The van der Waals surface area contributed by atoms with Gasteiger partial charge in [0.1, 0.15) is 0 Å². The lowest BCUT2D eigenvalue weighted by Gasteiger charge is -2.27. The van der Waals surface area contributed by atoms with Crippen LogP contribution in [0.15, 0.2) is 48.8 Å². The van der Waals surface area contributed by atoms with Crippen molar-refractivity contribution in [3.8, 4) is 11.1 Å². The van der Waals surface area contributed by atoms with E-state index in [0.29, 0.717) is 5.56 Å². The van der Waals surface area contributed by atoms with Crippen LogP contribution in [0.1, 0.15) is 23.2 Å². The third-order valence-electron chi connectivity index (χ3n) is 3.48. The van der Waals surface area contributed by atoms with E-state index in [1.54, 1.807) is 17.4 Å². The molecule has 1 aromatic carbocycles. The molecule has 4 heteroatoms. The predicted molar refractivity (Wildman–Crippen MR) is 77.9 cm³/mol.